The van der Waals surface area contributed by atoms with Crippen molar-refractivity contribution in [2.45, 2.75) is 13.5 Å². The van der Waals surface area contributed by atoms with Crippen molar-refractivity contribution in [2.24, 2.45) is 0 Å². The molecule has 3 nitrogen and oxygen atoms in total. The molecule has 0 aliphatic heterocycles. The second-order valence-electron chi connectivity index (χ2n) is 3.81. The number of hydrogen-bond donors (Lipinski definition) is 2. The molecule has 0 saturated carbocycles. The van der Waals surface area contributed by atoms with Crippen LogP contribution in [0.1, 0.15) is 11.1 Å². The number of para-hydroxylation sites is 1. The van der Waals surface area contributed by atoms with E-state index in [1.807, 2.05) is 31.2 Å². The number of aromatic nitrogens is 1. The third kappa shape index (κ3) is 2.88. The molecular formula is C13H13ClN2O. The zero-order valence-corrected chi connectivity index (χ0v) is 10.2. The Morgan fingerprint density at radius 2 is 2.12 bits per heavy atom. The Morgan fingerprint density at radius 1 is 1.29 bits per heavy atom. The SMILES string of the molecule is Cc1cccc(CNc2ccc(Cl)nc2)c1O. The molecule has 88 valence electrons. The molecule has 1 aromatic carbocycles. The maximum Gasteiger partial charge on any atom is 0.129 e. The van der Waals surface area contributed by atoms with E-state index in [1.165, 1.54) is 0 Å². The lowest BCUT2D eigenvalue weighted by Gasteiger charge is -2.09. The second kappa shape index (κ2) is 5.06. The van der Waals surface area contributed by atoms with Crippen molar-refractivity contribution >= 4 is 17.3 Å². The third-order valence-corrected chi connectivity index (χ3v) is 2.76. The van der Waals surface area contributed by atoms with Crippen LogP contribution in [-0.4, -0.2) is 10.1 Å². The molecule has 2 N–H and O–H groups in total. The summed E-state index contributed by atoms with van der Waals surface area (Å²) in [4.78, 5) is 3.97. The van der Waals surface area contributed by atoms with Crippen LogP contribution in [0.15, 0.2) is 36.5 Å². The smallest absolute Gasteiger partial charge is 0.129 e. The first-order chi connectivity index (χ1) is 8.16. The van der Waals surface area contributed by atoms with E-state index in [4.69, 9.17) is 11.6 Å². The number of aromatic hydroxyl groups is 1. The van der Waals surface area contributed by atoms with E-state index in [0.717, 1.165) is 16.8 Å². The second-order valence-corrected chi connectivity index (χ2v) is 4.19. The Kier molecular flexibility index (Phi) is 3.49. The Morgan fingerprint density at radius 3 is 2.82 bits per heavy atom. The topological polar surface area (TPSA) is 45.2 Å². The zero-order chi connectivity index (χ0) is 12.3. The monoisotopic (exact) mass is 248 g/mol. The largest absolute Gasteiger partial charge is 0.507 e. The van der Waals surface area contributed by atoms with Crippen molar-refractivity contribution in [3.05, 3.63) is 52.8 Å². The molecule has 0 aliphatic carbocycles. The van der Waals surface area contributed by atoms with Gasteiger partial charge in [0.2, 0.25) is 0 Å². The molecule has 2 rings (SSSR count). The average Bonchev–Trinajstić information content (AvgIpc) is 2.33. The van der Waals surface area contributed by atoms with E-state index in [-0.39, 0.29) is 0 Å². The summed E-state index contributed by atoms with van der Waals surface area (Å²) in [6, 6.07) is 9.26. The first kappa shape index (κ1) is 11.7. The number of phenols is 1. The van der Waals surface area contributed by atoms with Crippen molar-refractivity contribution in [2.75, 3.05) is 5.32 Å². The van der Waals surface area contributed by atoms with E-state index in [0.29, 0.717) is 17.4 Å². The maximum atomic E-state index is 9.84. The molecule has 1 heterocycles. The standard InChI is InChI=1S/C13H13ClN2O/c1-9-3-2-4-10(13(9)17)7-15-11-5-6-12(14)16-8-11/h2-6,8,15,17H,7H2,1H3. The molecule has 0 fully saturated rings. The van der Waals surface area contributed by atoms with Crippen molar-refractivity contribution < 1.29 is 5.11 Å². The lowest BCUT2D eigenvalue weighted by Crippen LogP contribution is -2.00. The summed E-state index contributed by atoms with van der Waals surface area (Å²) in [5, 5.41) is 13.5. The summed E-state index contributed by atoms with van der Waals surface area (Å²) in [6.07, 6.45) is 1.66. The molecule has 1 aromatic heterocycles. The van der Waals surface area contributed by atoms with Gasteiger partial charge in [-0.3, -0.25) is 0 Å². The normalized spacial score (nSPS) is 10.2. The Balaban J connectivity index is 2.07. The fourth-order valence-corrected chi connectivity index (χ4v) is 1.65. The van der Waals surface area contributed by atoms with E-state index in [9.17, 15) is 5.11 Å². The zero-order valence-electron chi connectivity index (χ0n) is 9.44. The summed E-state index contributed by atoms with van der Waals surface area (Å²) in [7, 11) is 0. The van der Waals surface area contributed by atoms with Gasteiger partial charge in [-0.05, 0) is 24.6 Å². The number of rotatable bonds is 3. The van der Waals surface area contributed by atoms with E-state index in [2.05, 4.69) is 10.3 Å². The van der Waals surface area contributed by atoms with Gasteiger partial charge in [-0.15, -0.1) is 0 Å². The van der Waals surface area contributed by atoms with Crippen LogP contribution in [0.4, 0.5) is 5.69 Å². The molecule has 17 heavy (non-hydrogen) atoms. The van der Waals surface area contributed by atoms with E-state index >= 15 is 0 Å². The molecule has 0 unspecified atom stereocenters. The number of aryl methyl sites for hydroxylation is 1. The Bertz CT molecular complexity index is 511. The molecule has 2 aromatic rings. The highest BCUT2D eigenvalue weighted by atomic mass is 35.5. The summed E-state index contributed by atoms with van der Waals surface area (Å²) in [5.74, 6) is 0.335. The number of halogens is 1. The van der Waals surface area contributed by atoms with Gasteiger partial charge in [-0.2, -0.15) is 0 Å². The van der Waals surface area contributed by atoms with Crippen molar-refractivity contribution in [1.29, 1.82) is 0 Å². The molecule has 0 aliphatic rings. The summed E-state index contributed by atoms with van der Waals surface area (Å²) in [5.41, 5.74) is 2.61. The highest BCUT2D eigenvalue weighted by molar-refractivity contribution is 6.29. The molecular weight excluding hydrogens is 236 g/mol. The van der Waals surface area contributed by atoms with Gasteiger partial charge in [0, 0.05) is 12.1 Å². The van der Waals surface area contributed by atoms with Crippen LogP contribution in [0, 0.1) is 6.92 Å². The number of benzene rings is 1. The predicted molar refractivity (Wildman–Crippen MR) is 69.4 cm³/mol. The lowest BCUT2D eigenvalue weighted by molar-refractivity contribution is 0.465. The van der Waals surface area contributed by atoms with Gasteiger partial charge >= 0.3 is 0 Å². The van der Waals surface area contributed by atoms with Crippen LogP contribution in [0.3, 0.4) is 0 Å². The van der Waals surface area contributed by atoms with Gasteiger partial charge in [-0.1, -0.05) is 29.8 Å². The number of phenolic OH excluding ortho intramolecular Hbond substituents is 1. The average molecular weight is 249 g/mol. The van der Waals surface area contributed by atoms with Crippen LogP contribution < -0.4 is 5.32 Å². The van der Waals surface area contributed by atoms with Gasteiger partial charge in [0.05, 0.1) is 11.9 Å². The quantitative estimate of drug-likeness (QED) is 0.819. The van der Waals surface area contributed by atoms with Crippen LogP contribution >= 0.6 is 11.6 Å². The molecule has 0 atom stereocenters. The number of pyridine rings is 1. The Labute approximate surface area is 105 Å². The summed E-state index contributed by atoms with van der Waals surface area (Å²) < 4.78 is 0. The fourth-order valence-electron chi connectivity index (χ4n) is 1.54. The van der Waals surface area contributed by atoms with E-state index < -0.39 is 0 Å². The molecule has 0 amide bonds. The number of nitrogens with zero attached hydrogens (tertiary/aromatic N) is 1. The maximum absolute atomic E-state index is 9.84. The minimum Gasteiger partial charge on any atom is -0.507 e. The van der Waals surface area contributed by atoms with Crippen LogP contribution in [0.5, 0.6) is 5.75 Å². The molecule has 0 saturated heterocycles. The molecule has 0 radical (unpaired) electrons. The van der Waals surface area contributed by atoms with Crippen molar-refractivity contribution in [1.82, 2.24) is 4.98 Å². The summed E-state index contributed by atoms with van der Waals surface area (Å²) in [6.45, 7) is 2.43. The van der Waals surface area contributed by atoms with Crippen molar-refractivity contribution in [3.8, 4) is 5.75 Å². The fraction of sp³-hybridized carbons (Fsp3) is 0.154. The highest BCUT2D eigenvalue weighted by Gasteiger charge is 2.03. The van der Waals surface area contributed by atoms with Gasteiger partial charge in [0.15, 0.2) is 0 Å². The van der Waals surface area contributed by atoms with Gasteiger partial charge in [0.1, 0.15) is 10.9 Å². The predicted octanol–water partition coefficient (Wildman–Crippen LogP) is 3.36. The molecule has 0 spiro atoms. The third-order valence-electron chi connectivity index (χ3n) is 2.53. The van der Waals surface area contributed by atoms with Crippen LogP contribution in [0.2, 0.25) is 5.15 Å². The van der Waals surface area contributed by atoms with Gasteiger partial charge < -0.3 is 10.4 Å². The first-order valence-corrected chi connectivity index (χ1v) is 5.67. The van der Waals surface area contributed by atoms with Gasteiger partial charge in [-0.25, -0.2) is 4.98 Å². The molecule has 0 bridgehead atoms. The van der Waals surface area contributed by atoms with E-state index in [1.54, 1.807) is 12.3 Å². The van der Waals surface area contributed by atoms with Crippen molar-refractivity contribution in [3.63, 3.8) is 0 Å². The number of anilines is 1. The van der Waals surface area contributed by atoms with Crippen LogP contribution in [-0.2, 0) is 6.54 Å². The minimum absolute atomic E-state index is 0.335. The minimum atomic E-state index is 0.335. The summed E-state index contributed by atoms with van der Waals surface area (Å²) >= 11 is 5.70. The van der Waals surface area contributed by atoms with Crippen LogP contribution in [0.25, 0.3) is 0 Å². The highest BCUT2D eigenvalue weighted by Crippen LogP contribution is 2.22. The number of hydrogen-bond acceptors (Lipinski definition) is 3. The van der Waals surface area contributed by atoms with Gasteiger partial charge in [0.25, 0.3) is 0 Å². The number of nitrogens with one attached hydrogen (secondary N) is 1. The Hall–Kier alpha value is -1.74. The molecule has 4 heteroatoms. The first-order valence-electron chi connectivity index (χ1n) is 5.29. The lowest BCUT2D eigenvalue weighted by atomic mass is 10.1.